The predicted molar refractivity (Wildman–Crippen MR) is 103 cm³/mol. The number of hydrogen-bond donors (Lipinski definition) is 1. The lowest BCUT2D eigenvalue weighted by molar-refractivity contribution is 0.0191. The molecule has 1 unspecified atom stereocenters. The van der Waals surface area contributed by atoms with Crippen LogP contribution in [0, 0.1) is 22.9 Å². The van der Waals surface area contributed by atoms with E-state index < -0.39 is 23.5 Å². The van der Waals surface area contributed by atoms with E-state index in [2.05, 4.69) is 15.3 Å². The number of nitrogens with zero attached hydrogens (tertiary/aromatic N) is 3. The summed E-state index contributed by atoms with van der Waals surface area (Å²) in [6.45, 7) is 4.38. The Hall–Kier alpha value is -2.68. The molecule has 1 amide bonds. The smallest absolute Gasteiger partial charge is 0.257 e. The summed E-state index contributed by atoms with van der Waals surface area (Å²) in [5.41, 5.74) is 0.199. The number of amides is 1. The van der Waals surface area contributed by atoms with Gasteiger partial charge >= 0.3 is 0 Å². The number of rotatable bonds is 4. The Morgan fingerprint density at radius 2 is 1.77 bits per heavy atom. The average Bonchev–Trinajstić information content (AvgIpc) is 3.11. The van der Waals surface area contributed by atoms with Gasteiger partial charge in [-0.25, -0.2) is 23.1 Å². The normalized spacial score (nSPS) is 19.1. The average molecular weight is 420 g/mol. The van der Waals surface area contributed by atoms with Gasteiger partial charge in [-0.15, -0.1) is 0 Å². The molecule has 1 atom stereocenters. The summed E-state index contributed by atoms with van der Waals surface area (Å²) in [7, 11) is 0. The van der Waals surface area contributed by atoms with E-state index in [4.69, 9.17) is 4.74 Å². The van der Waals surface area contributed by atoms with Crippen LogP contribution in [0.15, 0.2) is 24.5 Å². The third-order valence-electron chi connectivity index (χ3n) is 6.00. The number of benzene rings is 1. The van der Waals surface area contributed by atoms with Crippen LogP contribution in [0.1, 0.15) is 48.1 Å². The molecule has 1 N–H and O–H groups in total. The molecule has 1 spiro atoms. The predicted octanol–water partition coefficient (Wildman–Crippen LogP) is 3.71. The van der Waals surface area contributed by atoms with Crippen molar-refractivity contribution in [3.8, 4) is 0 Å². The van der Waals surface area contributed by atoms with Crippen molar-refractivity contribution < 1.29 is 22.7 Å². The zero-order valence-electron chi connectivity index (χ0n) is 16.6. The van der Waals surface area contributed by atoms with Gasteiger partial charge in [0, 0.05) is 56.4 Å². The standard InChI is InChI=1S/C21H23F3N4O2/c1-13(18-16(23)8-15(22)9-17(18)24)27-20-25-10-14(11-26-20)19(29)28-5-2-21(12-28)3-6-30-7-4-21/h8-11,13H,2-7,12H2,1H3,(H,25,26,27). The first-order valence-electron chi connectivity index (χ1n) is 9.97. The zero-order chi connectivity index (χ0) is 21.3. The van der Waals surface area contributed by atoms with Crippen LogP contribution >= 0.6 is 0 Å². The SMILES string of the molecule is CC(Nc1ncc(C(=O)N2CCC3(CCOCC3)C2)cn1)c1c(F)cc(F)cc1F. The first-order valence-corrected chi connectivity index (χ1v) is 9.97. The number of hydrogen-bond acceptors (Lipinski definition) is 5. The number of nitrogens with one attached hydrogen (secondary N) is 1. The Morgan fingerprint density at radius 1 is 1.13 bits per heavy atom. The second-order valence-electron chi connectivity index (χ2n) is 8.03. The van der Waals surface area contributed by atoms with Gasteiger partial charge in [-0.1, -0.05) is 0 Å². The topological polar surface area (TPSA) is 67.4 Å². The molecule has 2 aliphatic heterocycles. The second-order valence-corrected chi connectivity index (χ2v) is 8.03. The number of anilines is 1. The Labute approximate surface area is 172 Å². The molecule has 0 bridgehead atoms. The number of carbonyl (C=O) groups is 1. The number of aromatic nitrogens is 2. The van der Waals surface area contributed by atoms with Crippen molar-refractivity contribution in [2.45, 2.75) is 32.2 Å². The summed E-state index contributed by atoms with van der Waals surface area (Å²) in [6.07, 6.45) is 5.69. The molecule has 0 aliphatic carbocycles. The van der Waals surface area contributed by atoms with Crippen LogP contribution in [0.4, 0.5) is 19.1 Å². The number of likely N-dealkylation sites (tertiary alicyclic amines) is 1. The van der Waals surface area contributed by atoms with E-state index in [-0.39, 0.29) is 22.8 Å². The van der Waals surface area contributed by atoms with Crippen molar-refractivity contribution in [1.29, 1.82) is 0 Å². The zero-order valence-corrected chi connectivity index (χ0v) is 16.6. The molecule has 2 saturated heterocycles. The van der Waals surface area contributed by atoms with Crippen molar-refractivity contribution in [3.05, 3.63) is 53.1 Å². The molecule has 1 aromatic heterocycles. The number of halogens is 3. The minimum Gasteiger partial charge on any atom is -0.381 e. The summed E-state index contributed by atoms with van der Waals surface area (Å²) in [4.78, 5) is 22.8. The van der Waals surface area contributed by atoms with Crippen LogP contribution in [0.5, 0.6) is 0 Å². The Morgan fingerprint density at radius 3 is 2.40 bits per heavy atom. The summed E-state index contributed by atoms with van der Waals surface area (Å²) in [6, 6.07) is 0.417. The maximum Gasteiger partial charge on any atom is 0.257 e. The highest BCUT2D eigenvalue weighted by atomic mass is 19.1. The van der Waals surface area contributed by atoms with Crippen LogP contribution in [-0.2, 0) is 4.74 Å². The van der Waals surface area contributed by atoms with E-state index in [1.165, 1.54) is 19.3 Å². The van der Waals surface area contributed by atoms with Gasteiger partial charge in [0.05, 0.1) is 11.6 Å². The van der Waals surface area contributed by atoms with Gasteiger partial charge < -0.3 is 15.0 Å². The molecular formula is C21H23F3N4O2. The summed E-state index contributed by atoms with van der Waals surface area (Å²) in [5, 5.41) is 2.78. The highest BCUT2D eigenvalue weighted by molar-refractivity contribution is 5.94. The molecule has 2 aliphatic rings. The van der Waals surface area contributed by atoms with E-state index in [1.54, 1.807) is 0 Å². The lowest BCUT2D eigenvalue weighted by atomic mass is 9.80. The summed E-state index contributed by atoms with van der Waals surface area (Å²) in [5.74, 6) is -2.98. The van der Waals surface area contributed by atoms with Crippen LogP contribution in [0.25, 0.3) is 0 Å². The molecular weight excluding hydrogens is 397 g/mol. The van der Waals surface area contributed by atoms with Crippen molar-refractivity contribution in [1.82, 2.24) is 14.9 Å². The van der Waals surface area contributed by atoms with Crippen LogP contribution in [0.2, 0.25) is 0 Å². The lowest BCUT2D eigenvalue weighted by Gasteiger charge is -2.33. The van der Waals surface area contributed by atoms with Gasteiger partial charge in [-0.05, 0) is 31.6 Å². The number of carbonyl (C=O) groups excluding carboxylic acids is 1. The summed E-state index contributed by atoms with van der Waals surface area (Å²) >= 11 is 0. The highest BCUT2D eigenvalue weighted by Gasteiger charge is 2.41. The quantitative estimate of drug-likeness (QED) is 0.817. The third kappa shape index (κ3) is 4.12. The summed E-state index contributed by atoms with van der Waals surface area (Å²) < 4.78 is 46.4. The fraction of sp³-hybridized carbons (Fsp3) is 0.476. The van der Waals surface area contributed by atoms with Gasteiger partial charge in [-0.2, -0.15) is 0 Å². The Bertz CT molecular complexity index is 909. The lowest BCUT2D eigenvalue weighted by Crippen LogP contribution is -2.35. The van der Waals surface area contributed by atoms with Crippen molar-refractivity contribution in [2.24, 2.45) is 5.41 Å². The molecule has 9 heteroatoms. The molecule has 6 nitrogen and oxygen atoms in total. The van der Waals surface area contributed by atoms with Crippen molar-refractivity contribution in [3.63, 3.8) is 0 Å². The van der Waals surface area contributed by atoms with Gasteiger partial charge in [0.25, 0.3) is 5.91 Å². The van der Waals surface area contributed by atoms with Gasteiger partial charge in [-0.3, -0.25) is 4.79 Å². The van der Waals surface area contributed by atoms with Gasteiger partial charge in [0.2, 0.25) is 5.95 Å². The van der Waals surface area contributed by atoms with Crippen molar-refractivity contribution >= 4 is 11.9 Å². The van der Waals surface area contributed by atoms with Crippen molar-refractivity contribution in [2.75, 3.05) is 31.6 Å². The molecule has 1 aromatic carbocycles. The minimum absolute atomic E-state index is 0.115. The fourth-order valence-corrected chi connectivity index (χ4v) is 4.25. The molecule has 3 heterocycles. The second kappa shape index (κ2) is 8.22. The largest absolute Gasteiger partial charge is 0.381 e. The molecule has 2 aromatic rings. The fourth-order valence-electron chi connectivity index (χ4n) is 4.25. The van der Waals surface area contributed by atoms with Gasteiger partial charge in [0.15, 0.2) is 0 Å². The van der Waals surface area contributed by atoms with E-state index in [1.807, 2.05) is 4.90 Å². The van der Waals surface area contributed by atoms with E-state index in [9.17, 15) is 18.0 Å². The monoisotopic (exact) mass is 420 g/mol. The van der Waals surface area contributed by atoms with Gasteiger partial charge in [0.1, 0.15) is 17.5 Å². The Kier molecular flexibility index (Phi) is 5.64. The first-order chi connectivity index (χ1) is 14.4. The maximum absolute atomic E-state index is 13.9. The van der Waals surface area contributed by atoms with Crippen LogP contribution < -0.4 is 5.32 Å². The van der Waals surface area contributed by atoms with Crippen LogP contribution in [-0.4, -0.2) is 47.1 Å². The molecule has 4 rings (SSSR count). The molecule has 160 valence electrons. The Balaban J connectivity index is 1.41. The molecule has 30 heavy (non-hydrogen) atoms. The molecule has 0 radical (unpaired) electrons. The highest BCUT2D eigenvalue weighted by Crippen LogP contribution is 2.40. The van der Waals surface area contributed by atoms with Crippen LogP contribution in [0.3, 0.4) is 0 Å². The molecule has 2 fully saturated rings. The number of ether oxygens (including phenoxy) is 1. The maximum atomic E-state index is 13.9. The van der Waals surface area contributed by atoms with E-state index >= 15 is 0 Å². The third-order valence-corrected chi connectivity index (χ3v) is 6.00. The van der Waals surface area contributed by atoms with E-state index in [0.29, 0.717) is 30.8 Å². The van der Waals surface area contributed by atoms with E-state index in [0.717, 1.165) is 32.5 Å². The molecule has 0 saturated carbocycles. The first kappa shape index (κ1) is 20.6. The minimum atomic E-state index is -0.990.